The van der Waals surface area contributed by atoms with Crippen molar-refractivity contribution in [1.29, 1.82) is 0 Å². The van der Waals surface area contributed by atoms with Gasteiger partial charge in [-0.15, -0.1) is 0 Å². The fourth-order valence-corrected chi connectivity index (χ4v) is 1.28. The second-order valence-corrected chi connectivity index (χ2v) is 3.20. The Bertz CT molecular complexity index is 121. The monoisotopic (exact) mass is 195 g/mol. The lowest BCUT2D eigenvalue weighted by Gasteiger charge is -2.10. The minimum Gasteiger partial charge on any atom is -0.393 e. The Morgan fingerprint density at radius 1 is 1.82 bits per heavy atom. The van der Waals surface area contributed by atoms with Crippen LogP contribution in [0, 0.1) is 0 Å². The number of thiol groups is 1. The molecular weight excluding hydrogens is 182 g/mol. The van der Waals surface area contributed by atoms with Crippen LogP contribution in [0.2, 0.25) is 0 Å². The Morgan fingerprint density at radius 3 is 2.82 bits per heavy atom. The maximum absolute atomic E-state index is 10.9. The minimum absolute atomic E-state index is 0.222. The first-order chi connectivity index (χ1) is 5.26. The molecule has 0 spiro atoms. The van der Waals surface area contributed by atoms with Crippen LogP contribution in [0.15, 0.2) is 0 Å². The van der Waals surface area contributed by atoms with Gasteiger partial charge in [-0.2, -0.15) is 11.8 Å². The quantitative estimate of drug-likeness (QED) is 0.501. The van der Waals surface area contributed by atoms with E-state index in [1.807, 2.05) is 6.26 Å². The van der Waals surface area contributed by atoms with E-state index in [2.05, 4.69) is 22.4 Å². The van der Waals surface area contributed by atoms with E-state index in [0.717, 1.165) is 12.2 Å². The van der Waals surface area contributed by atoms with Gasteiger partial charge < -0.3 is 9.50 Å². The van der Waals surface area contributed by atoms with Gasteiger partial charge in [-0.1, -0.05) is 0 Å². The Hall–Kier alpha value is 0.130. The van der Waals surface area contributed by atoms with Crippen LogP contribution in [-0.4, -0.2) is 31.1 Å². The normalized spacial score (nSPS) is 12.6. The van der Waals surface area contributed by atoms with Crippen LogP contribution in [0.4, 0.5) is 0 Å². The van der Waals surface area contributed by atoms with Gasteiger partial charge in [-0.3, -0.25) is 0 Å². The van der Waals surface area contributed by atoms with Crippen molar-refractivity contribution in [2.45, 2.75) is 12.5 Å². The summed E-state index contributed by atoms with van der Waals surface area (Å²) in [6, 6.07) is -0.222. The molecule has 66 valence electrons. The molecule has 0 aromatic carbocycles. The van der Waals surface area contributed by atoms with Gasteiger partial charge in [0.05, 0.1) is 0 Å². The van der Waals surface area contributed by atoms with E-state index in [1.54, 1.807) is 18.8 Å². The highest BCUT2D eigenvalue weighted by Gasteiger charge is 2.15. The number of likely N-dealkylation sites (N-methyl/N-ethyl adjacent to an activating group) is 1. The van der Waals surface area contributed by atoms with Crippen molar-refractivity contribution in [2.75, 3.05) is 19.1 Å². The van der Waals surface area contributed by atoms with E-state index in [4.69, 9.17) is 0 Å². The topological polar surface area (TPSA) is 38.3 Å². The first-order valence-electron chi connectivity index (χ1n) is 3.27. The molecule has 0 bridgehead atoms. The summed E-state index contributed by atoms with van der Waals surface area (Å²) in [5, 5.41) is 2.85. The smallest absolute Gasteiger partial charge is 0.334 e. The summed E-state index contributed by atoms with van der Waals surface area (Å²) in [5.41, 5.74) is 0. The average molecular weight is 195 g/mol. The van der Waals surface area contributed by atoms with Crippen LogP contribution in [0.25, 0.3) is 0 Å². The van der Waals surface area contributed by atoms with Crippen LogP contribution < -0.4 is 5.32 Å². The molecule has 0 amide bonds. The number of carbonyl (C=O) groups is 1. The summed E-state index contributed by atoms with van der Waals surface area (Å²) < 4.78 is 4.28. The van der Waals surface area contributed by atoms with Crippen molar-refractivity contribution in [3.8, 4) is 0 Å². The molecule has 0 aliphatic rings. The summed E-state index contributed by atoms with van der Waals surface area (Å²) in [5.74, 6) is 0.624. The minimum atomic E-state index is -0.315. The van der Waals surface area contributed by atoms with Crippen molar-refractivity contribution in [2.24, 2.45) is 0 Å². The lowest BCUT2D eigenvalue weighted by molar-refractivity contribution is -0.135. The van der Waals surface area contributed by atoms with Crippen LogP contribution in [0.1, 0.15) is 6.42 Å². The summed E-state index contributed by atoms with van der Waals surface area (Å²) in [4.78, 5) is 10.9. The molecule has 5 heteroatoms. The zero-order valence-electron chi connectivity index (χ0n) is 6.66. The highest BCUT2D eigenvalue weighted by atomic mass is 32.2. The van der Waals surface area contributed by atoms with Gasteiger partial charge in [0, 0.05) is 12.9 Å². The number of thioether (sulfide) groups is 1. The summed E-state index contributed by atoms with van der Waals surface area (Å²) in [6.45, 7) is 0. The van der Waals surface area contributed by atoms with E-state index < -0.39 is 0 Å². The number of hydrogen-bond donors (Lipinski definition) is 2. The molecule has 1 N–H and O–H groups in total. The Morgan fingerprint density at radius 2 is 2.45 bits per heavy atom. The van der Waals surface area contributed by atoms with Crippen LogP contribution in [-0.2, 0) is 8.98 Å². The first kappa shape index (κ1) is 11.1. The Labute approximate surface area is 76.9 Å². The van der Waals surface area contributed by atoms with E-state index >= 15 is 0 Å². The lowest BCUT2D eigenvalue weighted by Crippen LogP contribution is -2.34. The summed E-state index contributed by atoms with van der Waals surface area (Å²) in [6.07, 6.45) is 2.77. The third-order valence-corrected chi connectivity index (χ3v) is 2.16. The highest BCUT2D eigenvalue weighted by molar-refractivity contribution is 7.98. The van der Waals surface area contributed by atoms with Gasteiger partial charge >= 0.3 is 5.97 Å². The van der Waals surface area contributed by atoms with Crippen molar-refractivity contribution < 1.29 is 8.98 Å². The fraction of sp³-hybridized carbons (Fsp3) is 0.833. The molecule has 1 atom stereocenters. The highest BCUT2D eigenvalue weighted by Crippen LogP contribution is 2.02. The van der Waals surface area contributed by atoms with E-state index in [0.29, 0.717) is 0 Å². The predicted octanol–water partition coefficient (Wildman–Crippen LogP) is 0.715. The standard InChI is InChI=1S/C6H13NO2S2/c1-7-5(3-4-11-2)6(8)9-10/h5,7,10H,3-4H2,1-2H3/t5-/m0/s1. The SMILES string of the molecule is CN[C@@H](CCSC)C(=O)OS. The van der Waals surface area contributed by atoms with E-state index in [9.17, 15) is 4.79 Å². The second kappa shape index (κ2) is 6.82. The zero-order chi connectivity index (χ0) is 8.69. The molecule has 0 aromatic rings. The molecule has 0 aliphatic heterocycles. The van der Waals surface area contributed by atoms with Gasteiger partial charge in [-0.25, -0.2) is 4.79 Å². The largest absolute Gasteiger partial charge is 0.393 e. The molecule has 11 heavy (non-hydrogen) atoms. The molecule has 0 saturated carbocycles. The number of hydrogen-bond acceptors (Lipinski definition) is 5. The molecule has 0 saturated heterocycles. The molecule has 0 heterocycles. The van der Waals surface area contributed by atoms with Gasteiger partial charge in [0.1, 0.15) is 6.04 Å². The van der Waals surface area contributed by atoms with Crippen molar-refractivity contribution >= 4 is 30.6 Å². The van der Waals surface area contributed by atoms with Crippen LogP contribution in [0.3, 0.4) is 0 Å². The third kappa shape index (κ3) is 4.55. The van der Waals surface area contributed by atoms with E-state index in [1.165, 1.54) is 0 Å². The molecule has 0 fully saturated rings. The van der Waals surface area contributed by atoms with Crippen LogP contribution >= 0.6 is 24.7 Å². The number of rotatable bonds is 5. The average Bonchev–Trinajstić information content (AvgIpc) is 2.05. The van der Waals surface area contributed by atoms with Gasteiger partial charge in [0.15, 0.2) is 0 Å². The number of carbonyl (C=O) groups excluding carboxylic acids is 1. The summed E-state index contributed by atoms with van der Waals surface area (Å²) in [7, 11) is 1.73. The van der Waals surface area contributed by atoms with E-state index in [-0.39, 0.29) is 12.0 Å². The third-order valence-electron chi connectivity index (χ3n) is 1.33. The predicted molar refractivity (Wildman–Crippen MR) is 50.9 cm³/mol. The van der Waals surface area contributed by atoms with Crippen molar-refractivity contribution in [3.05, 3.63) is 0 Å². The molecule has 0 radical (unpaired) electrons. The van der Waals surface area contributed by atoms with Crippen molar-refractivity contribution in [1.82, 2.24) is 5.32 Å². The van der Waals surface area contributed by atoms with Crippen molar-refractivity contribution in [3.63, 3.8) is 0 Å². The molecule has 0 aliphatic carbocycles. The molecule has 0 unspecified atom stereocenters. The maximum atomic E-state index is 10.9. The van der Waals surface area contributed by atoms with Gasteiger partial charge in [0.2, 0.25) is 0 Å². The first-order valence-corrected chi connectivity index (χ1v) is 5.03. The van der Waals surface area contributed by atoms with Crippen LogP contribution in [0.5, 0.6) is 0 Å². The second-order valence-electron chi connectivity index (χ2n) is 2.03. The summed E-state index contributed by atoms with van der Waals surface area (Å²) >= 11 is 5.14. The van der Waals surface area contributed by atoms with Gasteiger partial charge in [0.25, 0.3) is 0 Å². The number of nitrogens with one attached hydrogen (secondary N) is 1. The zero-order valence-corrected chi connectivity index (χ0v) is 8.37. The van der Waals surface area contributed by atoms with Gasteiger partial charge in [-0.05, 0) is 25.5 Å². The molecule has 3 nitrogen and oxygen atoms in total. The lowest BCUT2D eigenvalue weighted by atomic mass is 10.2. The molecule has 0 aromatic heterocycles. The molecular formula is C6H13NO2S2. The molecule has 0 rings (SSSR count). The fourth-order valence-electron chi connectivity index (χ4n) is 0.679. The Balaban J connectivity index is 3.65. The Kier molecular flexibility index (Phi) is 6.90. The maximum Gasteiger partial charge on any atom is 0.334 e.